The standard InChI is InChI=1S/C54H34N2O/c1-2-12-37(13-3-1)38-24-30-42(31-25-38)55(44-34-28-40(29-35-44)46-19-11-23-53-54(46)49-18-6-9-22-52(49)57-53)43-32-26-39(27-33-43)41-14-10-15-45(36-41)56-50-20-7-4-16-47(50)48-17-5-8-21-51(48)56/h1-8,10-21,23-36H. The van der Waals surface area contributed by atoms with Crippen LogP contribution in [-0.4, -0.2) is 4.57 Å². The minimum absolute atomic E-state index is 0.726. The van der Waals surface area contributed by atoms with Crippen LogP contribution < -0.4 is 4.90 Å². The zero-order valence-corrected chi connectivity index (χ0v) is 30.9. The Labute approximate surface area is 330 Å². The lowest BCUT2D eigenvalue weighted by molar-refractivity contribution is 0.669. The van der Waals surface area contributed by atoms with Crippen molar-refractivity contribution < 1.29 is 4.42 Å². The van der Waals surface area contributed by atoms with E-state index in [-0.39, 0.29) is 0 Å². The minimum Gasteiger partial charge on any atom is -0.447 e. The summed E-state index contributed by atoms with van der Waals surface area (Å²) >= 11 is 0. The summed E-state index contributed by atoms with van der Waals surface area (Å²) in [6.07, 6.45) is 0. The van der Waals surface area contributed by atoms with Crippen molar-refractivity contribution in [1.82, 2.24) is 4.57 Å². The second-order valence-electron chi connectivity index (χ2n) is 14.4. The molecule has 0 bridgehead atoms. The third kappa shape index (κ3) is 5.63. The fraction of sp³-hybridized carbons (Fsp3) is 0. The van der Waals surface area contributed by atoms with Gasteiger partial charge < -0.3 is 13.9 Å². The first-order valence-corrected chi connectivity index (χ1v) is 19.3. The largest absolute Gasteiger partial charge is 0.447 e. The summed E-state index contributed by atoms with van der Waals surface area (Å²) in [6.45, 7) is 0. The first kappa shape index (κ1) is 32.6. The molecule has 0 amide bonds. The second-order valence-corrected chi connectivity index (χ2v) is 14.4. The van der Waals surface area contributed by atoms with Crippen LogP contribution in [0.25, 0.3) is 82.8 Å². The molecule has 0 saturated heterocycles. The Bertz CT molecular complexity index is 3160. The molecule has 0 spiro atoms. The van der Waals surface area contributed by atoms with E-state index in [0.717, 1.165) is 61.4 Å². The zero-order chi connectivity index (χ0) is 37.7. The number of rotatable bonds is 7. The normalized spacial score (nSPS) is 11.4. The van der Waals surface area contributed by atoms with E-state index in [1.54, 1.807) is 0 Å². The maximum Gasteiger partial charge on any atom is 0.185 e. The number of anilines is 3. The molecule has 0 saturated carbocycles. The number of hydrogen-bond acceptors (Lipinski definition) is 2. The molecule has 11 aromatic rings. The SMILES string of the molecule is c1ccc2c(c#1)oc1cccc(-c3ccc(N(c4ccc(-c5ccccc5)cc4)c4ccc(-c5cccc(-n6c7ccccc7c7ccccc76)c5)cc4)cc3)c12. The molecule has 0 aliphatic carbocycles. The van der Waals surface area contributed by atoms with Gasteiger partial charge in [0.15, 0.2) is 5.58 Å². The van der Waals surface area contributed by atoms with Gasteiger partial charge in [0.1, 0.15) is 5.58 Å². The fourth-order valence-corrected chi connectivity index (χ4v) is 8.40. The van der Waals surface area contributed by atoms with Gasteiger partial charge in [0.05, 0.1) is 11.0 Å². The van der Waals surface area contributed by atoms with Crippen molar-refractivity contribution >= 4 is 60.8 Å². The first-order valence-electron chi connectivity index (χ1n) is 19.3. The van der Waals surface area contributed by atoms with Gasteiger partial charge >= 0.3 is 0 Å². The Morgan fingerprint density at radius 1 is 0.421 bits per heavy atom. The summed E-state index contributed by atoms with van der Waals surface area (Å²) in [5.41, 5.74) is 15.3. The Hall–Kier alpha value is -7.80. The van der Waals surface area contributed by atoms with Crippen molar-refractivity contribution in [3.8, 4) is 39.1 Å². The summed E-state index contributed by atoms with van der Waals surface area (Å²) in [7, 11) is 0. The van der Waals surface area contributed by atoms with Crippen LogP contribution in [0.5, 0.6) is 0 Å². The van der Waals surface area contributed by atoms with Crippen LogP contribution in [0.3, 0.4) is 0 Å². The minimum atomic E-state index is 0.726. The van der Waals surface area contributed by atoms with Gasteiger partial charge in [-0.15, -0.1) is 0 Å². The molecule has 0 unspecified atom stereocenters. The Morgan fingerprint density at radius 2 is 0.965 bits per heavy atom. The molecular weight excluding hydrogens is 693 g/mol. The lowest BCUT2D eigenvalue weighted by Gasteiger charge is -2.26. The van der Waals surface area contributed by atoms with E-state index < -0.39 is 0 Å². The molecule has 3 heteroatoms. The van der Waals surface area contributed by atoms with Crippen molar-refractivity contribution in [2.24, 2.45) is 0 Å². The molecular formula is C54H34N2O. The lowest BCUT2D eigenvalue weighted by Crippen LogP contribution is -2.09. The molecule has 0 fully saturated rings. The van der Waals surface area contributed by atoms with Crippen LogP contribution in [-0.2, 0) is 0 Å². The smallest absolute Gasteiger partial charge is 0.185 e. The average Bonchev–Trinajstić information content (AvgIpc) is 3.84. The van der Waals surface area contributed by atoms with E-state index in [2.05, 4.69) is 216 Å². The summed E-state index contributed by atoms with van der Waals surface area (Å²) < 4.78 is 8.51. The number of furan rings is 1. The van der Waals surface area contributed by atoms with E-state index in [4.69, 9.17) is 4.42 Å². The number of hydrogen-bond donors (Lipinski definition) is 0. The summed E-state index contributed by atoms with van der Waals surface area (Å²) in [5, 5.41) is 4.66. The number of para-hydroxylation sites is 2. The van der Waals surface area contributed by atoms with Gasteiger partial charge in [-0.05, 0) is 118 Å². The van der Waals surface area contributed by atoms with E-state index in [9.17, 15) is 0 Å². The van der Waals surface area contributed by atoms with Gasteiger partial charge in [-0.25, -0.2) is 0 Å². The highest BCUT2D eigenvalue weighted by molar-refractivity contribution is 6.12. The molecule has 266 valence electrons. The molecule has 0 aliphatic heterocycles. The topological polar surface area (TPSA) is 21.3 Å². The Kier molecular flexibility index (Phi) is 7.72. The highest BCUT2D eigenvalue weighted by atomic mass is 16.3. The van der Waals surface area contributed by atoms with Crippen molar-refractivity contribution in [3.63, 3.8) is 0 Å². The van der Waals surface area contributed by atoms with Crippen LogP contribution in [0.15, 0.2) is 211 Å². The third-order valence-corrected chi connectivity index (χ3v) is 11.1. The molecule has 3 nitrogen and oxygen atoms in total. The van der Waals surface area contributed by atoms with E-state index >= 15 is 0 Å². The Morgan fingerprint density at radius 3 is 1.63 bits per heavy atom. The molecule has 9 aromatic carbocycles. The van der Waals surface area contributed by atoms with Crippen molar-refractivity contribution in [2.45, 2.75) is 0 Å². The number of benzene rings is 8. The van der Waals surface area contributed by atoms with Gasteiger partial charge in [0.25, 0.3) is 0 Å². The molecule has 2 aromatic heterocycles. The van der Waals surface area contributed by atoms with Crippen LogP contribution in [0.1, 0.15) is 0 Å². The van der Waals surface area contributed by atoms with Crippen molar-refractivity contribution in [3.05, 3.63) is 218 Å². The second kappa shape index (κ2) is 13.5. The van der Waals surface area contributed by atoms with Crippen LogP contribution >= 0.6 is 0 Å². The molecule has 0 atom stereocenters. The Balaban J connectivity index is 0.979. The van der Waals surface area contributed by atoms with Crippen LogP contribution in [0.2, 0.25) is 0 Å². The predicted octanol–water partition coefficient (Wildman–Crippen LogP) is 14.8. The molecule has 0 radical (unpaired) electrons. The lowest BCUT2D eigenvalue weighted by atomic mass is 9.99. The summed E-state index contributed by atoms with van der Waals surface area (Å²) in [5.74, 6) is 0. The summed E-state index contributed by atoms with van der Waals surface area (Å²) in [4.78, 5) is 2.33. The highest BCUT2D eigenvalue weighted by Crippen LogP contribution is 2.41. The summed E-state index contributed by atoms with van der Waals surface area (Å²) in [6, 6.07) is 79.7. The fourth-order valence-electron chi connectivity index (χ4n) is 8.40. The van der Waals surface area contributed by atoms with E-state index in [0.29, 0.717) is 0 Å². The predicted molar refractivity (Wildman–Crippen MR) is 237 cm³/mol. The molecule has 0 N–H and O–H groups in total. The maximum absolute atomic E-state index is 6.14. The zero-order valence-electron chi connectivity index (χ0n) is 30.9. The molecule has 2 heterocycles. The van der Waals surface area contributed by atoms with Crippen LogP contribution in [0.4, 0.5) is 17.1 Å². The highest BCUT2D eigenvalue weighted by Gasteiger charge is 2.17. The quantitative estimate of drug-likeness (QED) is 0.163. The van der Waals surface area contributed by atoms with Crippen molar-refractivity contribution in [2.75, 3.05) is 4.90 Å². The number of aromatic nitrogens is 1. The molecule has 0 aliphatic rings. The monoisotopic (exact) mass is 726 g/mol. The van der Waals surface area contributed by atoms with Gasteiger partial charge in [0, 0.05) is 44.3 Å². The maximum atomic E-state index is 6.14. The van der Waals surface area contributed by atoms with Gasteiger partial charge in [-0.2, -0.15) is 0 Å². The number of nitrogens with zero attached hydrogens (tertiary/aromatic N) is 2. The van der Waals surface area contributed by atoms with E-state index in [1.165, 1.54) is 38.5 Å². The average molecular weight is 727 g/mol. The van der Waals surface area contributed by atoms with Gasteiger partial charge in [0.2, 0.25) is 0 Å². The van der Waals surface area contributed by atoms with Gasteiger partial charge in [-0.1, -0.05) is 133 Å². The molecule has 57 heavy (non-hydrogen) atoms. The van der Waals surface area contributed by atoms with Crippen LogP contribution in [0, 0.1) is 12.1 Å². The molecule has 11 rings (SSSR count). The number of fused-ring (bicyclic) bond motifs is 6. The third-order valence-electron chi connectivity index (χ3n) is 11.1. The van der Waals surface area contributed by atoms with E-state index in [1.807, 2.05) is 12.1 Å². The first-order chi connectivity index (χ1) is 28.3. The van der Waals surface area contributed by atoms with Gasteiger partial charge in [-0.3, -0.25) is 0 Å². The van der Waals surface area contributed by atoms with Crippen molar-refractivity contribution in [1.29, 1.82) is 0 Å².